The van der Waals surface area contributed by atoms with Crippen LogP contribution in [0.1, 0.15) is 17.2 Å². The first-order valence-corrected chi connectivity index (χ1v) is 6.29. The average molecular weight is 312 g/mol. The molecule has 0 aromatic heterocycles. The van der Waals surface area contributed by atoms with Gasteiger partial charge in [0.25, 0.3) is 0 Å². The van der Waals surface area contributed by atoms with Crippen molar-refractivity contribution in [2.75, 3.05) is 7.05 Å². The Bertz CT molecular complexity index is 557. The fourth-order valence-corrected chi connectivity index (χ4v) is 2.30. The van der Waals surface area contributed by atoms with Crippen LogP contribution < -0.4 is 5.32 Å². The van der Waals surface area contributed by atoms with E-state index in [-0.39, 0.29) is 11.6 Å². The lowest BCUT2D eigenvalue weighted by atomic mass is 9.98. The predicted molar refractivity (Wildman–Crippen MR) is 71.4 cm³/mol. The Labute approximate surface area is 113 Å². The van der Waals surface area contributed by atoms with Gasteiger partial charge in [-0.05, 0) is 31.3 Å². The summed E-state index contributed by atoms with van der Waals surface area (Å²) in [5, 5.41) is 2.94. The van der Waals surface area contributed by atoms with Gasteiger partial charge in [-0.3, -0.25) is 0 Å². The Hall–Kier alpha value is -1.26. The van der Waals surface area contributed by atoms with Crippen molar-refractivity contribution < 1.29 is 8.78 Å². The lowest BCUT2D eigenvalue weighted by Crippen LogP contribution is -2.20. The normalized spacial score (nSPS) is 12.4. The molecule has 1 nitrogen and oxygen atoms in total. The summed E-state index contributed by atoms with van der Waals surface area (Å²) >= 11 is 3.30. The maximum Gasteiger partial charge on any atom is 0.128 e. The summed E-state index contributed by atoms with van der Waals surface area (Å²) in [5.41, 5.74) is 0.842. The van der Waals surface area contributed by atoms with Gasteiger partial charge in [0.1, 0.15) is 11.6 Å². The van der Waals surface area contributed by atoms with Gasteiger partial charge in [-0.25, -0.2) is 8.78 Å². The van der Waals surface area contributed by atoms with Crippen LogP contribution in [-0.4, -0.2) is 7.05 Å². The van der Waals surface area contributed by atoms with E-state index in [1.807, 2.05) is 0 Å². The van der Waals surface area contributed by atoms with Crippen molar-refractivity contribution in [2.45, 2.75) is 6.04 Å². The van der Waals surface area contributed by atoms with E-state index in [9.17, 15) is 8.78 Å². The Morgan fingerprint density at radius 2 is 1.67 bits per heavy atom. The van der Waals surface area contributed by atoms with Crippen molar-refractivity contribution in [1.82, 2.24) is 5.32 Å². The fourth-order valence-electron chi connectivity index (χ4n) is 1.92. The molecule has 2 aromatic rings. The standard InChI is InChI=1S/C14H12BrF2N/c1-18-14(10-4-2-3-5-12(10)16)11-8-9(15)6-7-13(11)17/h2-8,14,18H,1H3. The minimum absolute atomic E-state index is 0.351. The minimum Gasteiger partial charge on any atom is -0.309 e. The van der Waals surface area contributed by atoms with E-state index in [4.69, 9.17) is 0 Å². The summed E-state index contributed by atoms with van der Waals surface area (Å²) in [6.07, 6.45) is 0. The summed E-state index contributed by atoms with van der Waals surface area (Å²) in [6.45, 7) is 0. The van der Waals surface area contributed by atoms with Gasteiger partial charge in [0.2, 0.25) is 0 Å². The van der Waals surface area contributed by atoms with Gasteiger partial charge in [-0.2, -0.15) is 0 Å². The second-order valence-corrected chi connectivity index (χ2v) is 4.82. The lowest BCUT2D eigenvalue weighted by molar-refractivity contribution is 0.546. The Morgan fingerprint density at radius 3 is 2.33 bits per heavy atom. The van der Waals surface area contributed by atoms with Crippen LogP contribution in [-0.2, 0) is 0 Å². The van der Waals surface area contributed by atoms with Crippen molar-refractivity contribution in [3.8, 4) is 0 Å². The number of nitrogens with one attached hydrogen (secondary N) is 1. The molecule has 0 heterocycles. The molecule has 0 fully saturated rings. The minimum atomic E-state index is -0.510. The molecule has 0 bridgehead atoms. The zero-order chi connectivity index (χ0) is 13.1. The van der Waals surface area contributed by atoms with Crippen molar-refractivity contribution in [2.24, 2.45) is 0 Å². The number of benzene rings is 2. The number of halogens is 3. The number of hydrogen-bond donors (Lipinski definition) is 1. The van der Waals surface area contributed by atoms with Gasteiger partial charge in [0.05, 0.1) is 6.04 Å². The van der Waals surface area contributed by atoms with Crippen LogP contribution in [0.2, 0.25) is 0 Å². The van der Waals surface area contributed by atoms with E-state index < -0.39 is 6.04 Å². The van der Waals surface area contributed by atoms with Crippen LogP contribution in [0.3, 0.4) is 0 Å². The first-order valence-electron chi connectivity index (χ1n) is 5.50. The van der Waals surface area contributed by atoms with Crippen molar-refractivity contribution in [3.05, 3.63) is 69.7 Å². The Balaban J connectivity index is 2.52. The molecule has 4 heteroatoms. The zero-order valence-electron chi connectivity index (χ0n) is 9.75. The van der Waals surface area contributed by atoms with Crippen LogP contribution in [0.15, 0.2) is 46.9 Å². The van der Waals surface area contributed by atoms with Gasteiger partial charge >= 0.3 is 0 Å². The molecule has 0 spiro atoms. The summed E-state index contributed by atoms with van der Waals surface area (Å²) in [5.74, 6) is -0.711. The smallest absolute Gasteiger partial charge is 0.128 e. The highest BCUT2D eigenvalue weighted by atomic mass is 79.9. The molecule has 0 amide bonds. The molecule has 1 atom stereocenters. The van der Waals surface area contributed by atoms with Crippen LogP contribution in [0.5, 0.6) is 0 Å². The number of rotatable bonds is 3. The molecule has 0 aliphatic rings. The predicted octanol–water partition coefficient (Wildman–Crippen LogP) is 4.04. The largest absolute Gasteiger partial charge is 0.309 e. The van der Waals surface area contributed by atoms with Gasteiger partial charge in [-0.15, -0.1) is 0 Å². The SMILES string of the molecule is CNC(c1ccccc1F)c1cc(Br)ccc1F. The van der Waals surface area contributed by atoms with E-state index in [1.54, 1.807) is 37.4 Å². The van der Waals surface area contributed by atoms with Crippen LogP contribution >= 0.6 is 15.9 Å². The van der Waals surface area contributed by atoms with Crippen molar-refractivity contribution in [1.29, 1.82) is 0 Å². The summed E-state index contributed by atoms with van der Waals surface area (Å²) in [6, 6.07) is 10.5. The van der Waals surface area contributed by atoms with Gasteiger partial charge in [0.15, 0.2) is 0 Å². The maximum absolute atomic E-state index is 13.8. The van der Waals surface area contributed by atoms with Crippen LogP contribution in [0.25, 0.3) is 0 Å². The second-order valence-electron chi connectivity index (χ2n) is 3.91. The Morgan fingerprint density at radius 1 is 1.00 bits per heavy atom. The third kappa shape index (κ3) is 2.60. The van der Waals surface area contributed by atoms with E-state index in [0.29, 0.717) is 11.1 Å². The molecule has 0 radical (unpaired) electrons. The third-order valence-electron chi connectivity index (χ3n) is 2.77. The highest BCUT2D eigenvalue weighted by molar-refractivity contribution is 9.10. The number of hydrogen-bond acceptors (Lipinski definition) is 1. The Kier molecular flexibility index (Phi) is 4.09. The molecule has 1 unspecified atom stereocenters. The molecular weight excluding hydrogens is 300 g/mol. The van der Waals surface area contributed by atoms with Crippen molar-refractivity contribution in [3.63, 3.8) is 0 Å². The summed E-state index contributed by atoms with van der Waals surface area (Å²) in [4.78, 5) is 0. The highest BCUT2D eigenvalue weighted by Gasteiger charge is 2.19. The molecule has 1 N–H and O–H groups in total. The van der Waals surface area contributed by atoms with E-state index in [2.05, 4.69) is 21.2 Å². The molecule has 0 saturated heterocycles. The molecular formula is C14H12BrF2N. The quantitative estimate of drug-likeness (QED) is 0.902. The van der Waals surface area contributed by atoms with Crippen LogP contribution in [0, 0.1) is 11.6 Å². The van der Waals surface area contributed by atoms with Gasteiger partial charge in [0, 0.05) is 15.6 Å². The lowest BCUT2D eigenvalue weighted by Gasteiger charge is -2.18. The molecule has 18 heavy (non-hydrogen) atoms. The highest BCUT2D eigenvalue weighted by Crippen LogP contribution is 2.28. The third-order valence-corrected chi connectivity index (χ3v) is 3.27. The fraction of sp³-hybridized carbons (Fsp3) is 0.143. The van der Waals surface area contributed by atoms with Gasteiger partial charge in [-0.1, -0.05) is 34.1 Å². The molecule has 2 rings (SSSR count). The average Bonchev–Trinajstić information content (AvgIpc) is 2.36. The summed E-state index contributed by atoms with van der Waals surface area (Å²) in [7, 11) is 1.68. The molecule has 0 aliphatic heterocycles. The monoisotopic (exact) mass is 311 g/mol. The molecule has 2 aromatic carbocycles. The topological polar surface area (TPSA) is 12.0 Å². The zero-order valence-corrected chi connectivity index (χ0v) is 11.3. The van der Waals surface area contributed by atoms with Crippen molar-refractivity contribution >= 4 is 15.9 Å². The summed E-state index contributed by atoms with van der Waals surface area (Å²) < 4.78 is 28.4. The molecule has 0 saturated carbocycles. The molecule has 0 aliphatic carbocycles. The second kappa shape index (κ2) is 5.59. The first kappa shape index (κ1) is 13.2. The van der Waals surface area contributed by atoms with Gasteiger partial charge < -0.3 is 5.32 Å². The maximum atomic E-state index is 13.8. The molecule has 94 valence electrons. The van der Waals surface area contributed by atoms with E-state index >= 15 is 0 Å². The first-order chi connectivity index (χ1) is 8.63. The van der Waals surface area contributed by atoms with E-state index in [1.165, 1.54) is 12.1 Å². The van der Waals surface area contributed by atoms with E-state index in [0.717, 1.165) is 4.47 Å². The van der Waals surface area contributed by atoms with Crippen LogP contribution in [0.4, 0.5) is 8.78 Å².